The highest BCUT2D eigenvalue weighted by atomic mass is 14.7. The number of rotatable bonds is 2. The van der Waals surface area contributed by atoms with E-state index in [4.69, 9.17) is 5.26 Å². The molecule has 94 valence electrons. The van der Waals surface area contributed by atoms with Crippen LogP contribution in [0.25, 0.3) is 22.9 Å². The van der Waals surface area contributed by atoms with Crippen molar-refractivity contribution in [2.24, 2.45) is 0 Å². The van der Waals surface area contributed by atoms with Crippen molar-refractivity contribution in [3.05, 3.63) is 77.6 Å². The smallest absolute Gasteiger partial charge is 0.141 e. The molecule has 0 saturated heterocycles. The van der Waals surface area contributed by atoms with Crippen LogP contribution in [0.1, 0.15) is 17.0 Å². The lowest BCUT2D eigenvalue weighted by Crippen LogP contribution is -1.89. The Balaban J connectivity index is 2.11. The Bertz CT molecular complexity index is 812. The first-order chi connectivity index (χ1) is 9.86. The van der Waals surface area contributed by atoms with Crippen molar-refractivity contribution in [2.45, 2.75) is 0 Å². The van der Waals surface area contributed by atoms with E-state index < -0.39 is 0 Å². The van der Waals surface area contributed by atoms with Crippen LogP contribution in [0.3, 0.4) is 0 Å². The number of fused-ring (bicyclic) bond motifs is 1. The van der Waals surface area contributed by atoms with E-state index in [9.17, 15) is 0 Å². The van der Waals surface area contributed by atoms with E-state index in [1.165, 1.54) is 0 Å². The Hall–Kier alpha value is -2.92. The van der Waals surface area contributed by atoms with Crippen LogP contribution in [0, 0.1) is 11.3 Å². The van der Waals surface area contributed by atoms with Gasteiger partial charge in [-0.15, -0.1) is 0 Å². The van der Waals surface area contributed by atoms with E-state index >= 15 is 0 Å². The van der Waals surface area contributed by atoms with Gasteiger partial charge in [0, 0.05) is 5.39 Å². The van der Waals surface area contributed by atoms with Crippen molar-refractivity contribution in [3.63, 3.8) is 0 Å². The molecular formula is C18H12N2. The molecule has 0 aliphatic heterocycles. The zero-order valence-electron chi connectivity index (χ0n) is 10.8. The predicted molar refractivity (Wildman–Crippen MR) is 81.8 cm³/mol. The summed E-state index contributed by atoms with van der Waals surface area (Å²) in [7, 11) is 0. The van der Waals surface area contributed by atoms with Crippen LogP contribution in [0.2, 0.25) is 0 Å². The summed E-state index contributed by atoms with van der Waals surface area (Å²) in [5.41, 5.74) is 2.38. The molecule has 2 heteroatoms. The van der Waals surface area contributed by atoms with Gasteiger partial charge in [-0.05, 0) is 23.1 Å². The number of benzene rings is 2. The molecule has 0 N–H and O–H groups in total. The second kappa shape index (κ2) is 5.38. The molecule has 3 rings (SSSR count). The molecule has 2 nitrogen and oxygen atoms in total. The second-order valence-electron chi connectivity index (χ2n) is 4.47. The van der Waals surface area contributed by atoms with Crippen molar-refractivity contribution >= 4 is 22.9 Å². The minimum atomic E-state index is 0.441. The minimum Gasteiger partial charge on any atom is -0.237 e. The summed E-state index contributed by atoms with van der Waals surface area (Å²) in [6.45, 7) is 0. The highest BCUT2D eigenvalue weighted by Crippen LogP contribution is 2.20. The molecule has 0 atom stereocenters. The number of hydrogen-bond donors (Lipinski definition) is 0. The molecule has 0 saturated carbocycles. The van der Waals surface area contributed by atoms with Gasteiger partial charge >= 0.3 is 0 Å². The number of aromatic nitrogens is 1. The molecule has 1 aromatic heterocycles. The van der Waals surface area contributed by atoms with Gasteiger partial charge in [-0.25, -0.2) is 4.98 Å². The summed E-state index contributed by atoms with van der Waals surface area (Å²) in [5, 5.41) is 11.2. The van der Waals surface area contributed by atoms with E-state index in [1.54, 1.807) is 0 Å². The van der Waals surface area contributed by atoms with Crippen LogP contribution in [-0.4, -0.2) is 4.98 Å². The quantitative estimate of drug-likeness (QED) is 0.686. The van der Waals surface area contributed by atoms with Gasteiger partial charge in [0.15, 0.2) is 0 Å². The van der Waals surface area contributed by atoms with Crippen LogP contribution < -0.4 is 0 Å². The zero-order chi connectivity index (χ0) is 13.8. The molecule has 1 heterocycles. The minimum absolute atomic E-state index is 0.441. The lowest BCUT2D eigenvalue weighted by molar-refractivity contribution is 1.27. The SMILES string of the molecule is N#Cc1cc2ccccc2c(/C=C/c2ccccc2)n1. The summed E-state index contributed by atoms with van der Waals surface area (Å²) in [4.78, 5) is 4.39. The fourth-order valence-electron chi connectivity index (χ4n) is 2.15. The maximum absolute atomic E-state index is 9.07. The Labute approximate surface area is 117 Å². The number of nitriles is 1. The number of hydrogen-bond acceptors (Lipinski definition) is 2. The van der Waals surface area contributed by atoms with E-state index in [-0.39, 0.29) is 0 Å². The average Bonchev–Trinajstić information content (AvgIpc) is 2.53. The van der Waals surface area contributed by atoms with Gasteiger partial charge in [-0.3, -0.25) is 0 Å². The lowest BCUT2D eigenvalue weighted by Gasteiger charge is -2.02. The highest BCUT2D eigenvalue weighted by molar-refractivity contribution is 5.91. The van der Waals surface area contributed by atoms with Gasteiger partial charge in [0.1, 0.15) is 11.8 Å². The van der Waals surface area contributed by atoms with Crippen molar-refractivity contribution in [1.29, 1.82) is 5.26 Å². The van der Waals surface area contributed by atoms with E-state index in [0.29, 0.717) is 5.69 Å². The third-order valence-corrected chi connectivity index (χ3v) is 3.12. The monoisotopic (exact) mass is 256 g/mol. The topological polar surface area (TPSA) is 36.7 Å². The summed E-state index contributed by atoms with van der Waals surface area (Å²) in [6, 6.07) is 21.9. The summed E-state index contributed by atoms with van der Waals surface area (Å²) in [5.74, 6) is 0. The number of pyridine rings is 1. The summed E-state index contributed by atoms with van der Waals surface area (Å²) >= 11 is 0. The molecule has 0 bridgehead atoms. The van der Waals surface area contributed by atoms with Crippen molar-refractivity contribution in [1.82, 2.24) is 4.98 Å². The highest BCUT2D eigenvalue weighted by Gasteiger charge is 2.02. The zero-order valence-corrected chi connectivity index (χ0v) is 10.8. The third kappa shape index (κ3) is 2.43. The first-order valence-electron chi connectivity index (χ1n) is 6.40. The normalized spacial score (nSPS) is 10.8. The van der Waals surface area contributed by atoms with Gasteiger partial charge in [-0.2, -0.15) is 5.26 Å². The Morgan fingerprint density at radius 2 is 1.65 bits per heavy atom. The van der Waals surface area contributed by atoms with Crippen LogP contribution >= 0.6 is 0 Å². The molecule has 0 radical (unpaired) electrons. The summed E-state index contributed by atoms with van der Waals surface area (Å²) in [6.07, 6.45) is 3.97. The second-order valence-corrected chi connectivity index (χ2v) is 4.47. The van der Waals surface area contributed by atoms with E-state index in [1.807, 2.05) is 72.8 Å². The molecule has 0 amide bonds. The molecular weight excluding hydrogens is 244 g/mol. The van der Waals surface area contributed by atoms with Gasteiger partial charge in [-0.1, -0.05) is 60.7 Å². The Morgan fingerprint density at radius 3 is 2.45 bits per heavy atom. The Kier molecular flexibility index (Phi) is 3.26. The van der Waals surface area contributed by atoms with Gasteiger partial charge < -0.3 is 0 Å². The molecule has 0 aliphatic carbocycles. The molecule has 0 unspecified atom stereocenters. The van der Waals surface area contributed by atoms with Gasteiger partial charge in [0.05, 0.1) is 5.69 Å². The predicted octanol–water partition coefficient (Wildman–Crippen LogP) is 4.28. The lowest BCUT2D eigenvalue weighted by atomic mass is 10.1. The molecule has 2 aromatic carbocycles. The number of nitrogens with zero attached hydrogens (tertiary/aromatic N) is 2. The standard InChI is InChI=1S/C18H12N2/c19-13-16-12-15-8-4-5-9-17(15)18(20-16)11-10-14-6-2-1-3-7-14/h1-12H/b11-10+. The molecule has 3 aromatic rings. The summed E-state index contributed by atoms with van der Waals surface area (Å²) < 4.78 is 0. The third-order valence-electron chi connectivity index (χ3n) is 3.12. The molecule has 0 fully saturated rings. The molecule has 0 spiro atoms. The van der Waals surface area contributed by atoms with E-state index in [2.05, 4.69) is 11.1 Å². The van der Waals surface area contributed by atoms with Crippen LogP contribution in [0.15, 0.2) is 60.7 Å². The average molecular weight is 256 g/mol. The first-order valence-corrected chi connectivity index (χ1v) is 6.40. The van der Waals surface area contributed by atoms with Crippen LogP contribution in [0.5, 0.6) is 0 Å². The van der Waals surface area contributed by atoms with Crippen LogP contribution in [0.4, 0.5) is 0 Å². The first kappa shape index (κ1) is 12.1. The van der Waals surface area contributed by atoms with Crippen molar-refractivity contribution in [3.8, 4) is 6.07 Å². The maximum Gasteiger partial charge on any atom is 0.141 e. The maximum atomic E-state index is 9.07. The van der Waals surface area contributed by atoms with Gasteiger partial charge in [0.2, 0.25) is 0 Å². The van der Waals surface area contributed by atoms with Gasteiger partial charge in [0.25, 0.3) is 0 Å². The largest absolute Gasteiger partial charge is 0.237 e. The van der Waals surface area contributed by atoms with Crippen LogP contribution in [-0.2, 0) is 0 Å². The van der Waals surface area contributed by atoms with Crippen molar-refractivity contribution < 1.29 is 0 Å². The fraction of sp³-hybridized carbons (Fsp3) is 0. The van der Waals surface area contributed by atoms with E-state index in [0.717, 1.165) is 22.0 Å². The van der Waals surface area contributed by atoms with Crippen molar-refractivity contribution in [2.75, 3.05) is 0 Å². The molecule has 0 aliphatic rings. The fourth-order valence-corrected chi connectivity index (χ4v) is 2.15. The Morgan fingerprint density at radius 1 is 0.900 bits per heavy atom. The molecule has 20 heavy (non-hydrogen) atoms.